The van der Waals surface area contributed by atoms with Gasteiger partial charge in [0.25, 0.3) is 0 Å². The van der Waals surface area contributed by atoms with Crippen LogP contribution in [0.2, 0.25) is 0 Å². The Morgan fingerprint density at radius 3 is 2.43 bits per heavy atom. The molecule has 0 saturated heterocycles. The summed E-state index contributed by atoms with van der Waals surface area (Å²) < 4.78 is 27.5. The van der Waals surface area contributed by atoms with Crippen LogP contribution in [0.4, 0.5) is 8.78 Å². The highest BCUT2D eigenvalue weighted by Crippen LogP contribution is 2.31. The van der Waals surface area contributed by atoms with Crippen molar-refractivity contribution in [1.82, 2.24) is 9.80 Å². The maximum absolute atomic E-state index is 14.0. The molecule has 1 aromatic rings. The summed E-state index contributed by atoms with van der Waals surface area (Å²) in [6.45, 7) is 1.75. The summed E-state index contributed by atoms with van der Waals surface area (Å²) in [4.78, 5) is 4.21. The lowest BCUT2D eigenvalue weighted by atomic mass is 9.95. The second kappa shape index (κ2) is 6.85. The molecule has 114 valence electrons. The highest BCUT2D eigenvalue weighted by molar-refractivity contribution is 5.79. The lowest BCUT2D eigenvalue weighted by Gasteiger charge is -2.28. The number of likely N-dealkylation sites (N-methyl/N-ethyl adjacent to an activating group) is 2. The average molecular weight is 292 g/mol. The summed E-state index contributed by atoms with van der Waals surface area (Å²) >= 11 is 0. The Labute approximate surface area is 125 Å². The number of benzene rings is 1. The summed E-state index contributed by atoms with van der Waals surface area (Å²) in [6.07, 6.45) is 5.90. The minimum absolute atomic E-state index is 0.345. The first-order valence-electron chi connectivity index (χ1n) is 7.21. The quantitative estimate of drug-likeness (QED) is 0.819. The third-order valence-electron chi connectivity index (χ3n) is 3.64. The molecule has 0 heterocycles. The third-order valence-corrected chi connectivity index (χ3v) is 3.64. The summed E-state index contributed by atoms with van der Waals surface area (Å²) in [6, 6.07) is 3.62. The average Bonchev–Trinajstić information content (AvgIpc) is 2.47. The van der Waals surface area contributed by atoms with E-state index in [1.165, 1.54) is 12.1 Å². The van der Waals surface area contributed by atoms with Crippen LogP contribution in [0.1, 0.15) is 18.4 Å². The normalized spacial score (nSPS) is 15.0. The Kier molecular flexibility index (Phi) is 5.12. The molecule has 0 unspecified atom stereocenters. The van der Waals surface area contributed by atoms with Gasteiger partial charge < -0.3 is 9.80 Å². The van der Waals surface area contributed by atoms with Crippen molar-refractivity contribution in [3.63, 3.8) is 0 Å². The zero-order chi connectivity index (χ0) is 15.4. The van der Waals surface area contributed by atoms with Gasteiger partial charge in [-0.2, -0.15) is 0 Å². The molecule has 2 rings (SSSR count). The Morgan fingerprint density at radius 2 is 1.71 bits per heavy atom. The topological polar surface area (TPSA) is 6.48 Å². The van der Waals surface area contributed by atoms with Crippen molar-refractivity contribution in [3.8, 4) is 0 Å². The van der Waals surface area contributed by atoms with E-state index in [4.69, 9.17) is 0 Å². The maximum atomic E-state index is 14.0. The zero-order valence-corrected chi connectivity index (χ0v) is 12.9. The van der Waals surface area contributed by atoms with E-state index in [0.29, 0.717) is 5.56 Å². The van der Waals surface area contributed by atoms with Gasteiger partial charge in [-0.25, -0.2) is 8.78 Å². The zero-order valence-electron chi connectivity index (χ0n) is 12.9. The molecule has 0 aromatic heterocycles. The monoisotopic (exact) mass is 292 g/mol. The van der Waals surface area contributed by atoms with Crippen molar-refractivity contribution < 1.29 is 8.78 Å². The summed E-state index contributed by atoms with van der Waals surface area (Å²) in [7, 11) is 6.03. The van der Waals surface area contributed by atoms with Crippen molar-refractivity contribution in [2.24, 2.45) is 0 Å². The number of hydrogen-bond acceptors (Lipinski definition) is 2. The van der Waals surface area contributed by atoms with Crippen LogP contribution >= 0.6 is 0 Å². The first-order valence-corrected chi connectivity index (χ1v) is 7.21. The smallest absolute Gasteiger partial charge is 0.131 e. The van der Waals surface area contributed by atoms with Crippen LogP contribution in [0.15, 0.2) is 36.0 Å². The van der Waals surface area contributed by atoms with Gasteiger partial charge in [-0.3, -0.25) is 0 Å². The van der Waals surface area contributed by atoms with Gasteiger partial charge in [0.05, 0.1) is 0 Å². The van der Waals surface area contributed by atoms with Crippen molar-refractivity contribution in [1.29, 1.82) is 0 Å². The van der Waals surface area contributed by atoms with Gasteiger partial charge in [-0.15, -0.1) is 0 Å². The molecule has 21 heavy (non-hydrogen) atoms. The predicted octanol–water partition coefficient (Wildman–Crippen LogP) is 3.52. The second-order valence-electron chi connectivity index (χ2n) is 5.63. The molecule has 0 fully saturated rings. The van der Waals surface area contributed by atoms with Crippen LogP contribution in [0.5, 0.6) is 0 Å². The first-order chi connectivity index (χ1) is 9.99. The van der Waals surface area contributed by atoms with Gasteiger partial charge in [-0.1, -0.05) is 12.2 Å². The van der Waals surface area contributed by atoms with E-state index in [-0.39, 0.29) is 5.82 Å². The van der Waals surface area contributed by atoms with Crippen molar-refractivity contribution >= 4 is 5.57 Å². The van der Waals surface area contributed by atoms with Crippen LogP contribution in [0.25, 0.3) is 5.57 Å². The van der Waals surface area contributed by atoms with E-state index in [1.54, 1.807) is 0 Å². The molecule has 0 amide bonds. The molecular weight excluding hydrogens is 270 g/mol. The fourth-order valence-corrected chi connectivity index (χ4v) is 2.45. The third kappa shape index (κ3) is 3.91. The van der Waals surface area contributed by atoms with Crippen LogP contribution in [-0.2, 0) is 0 Å². The molecule has 0 N–H and O–H groups in total. The number of allylic oxidation sites excluding steroid dienone is 3. The van der Waals surface area contributed by atoms with Crippen molar-refractivity contribution in [2.75, 3.05) is 34.2 Å². The molecule has 1 aliphatic carbocycles. The highest BCUT2D eigenvalue weighted by Gasteiger charge is 2.18. The Balaban J connectivity index is 2.26. The Bertz CT molecular complexity index is 562. The van der Waals surface area contributed by atoms with Gasteiger partial charge in [-0.05, 0) is 45.1 Å². The lowest BCUT2D eigenvalue weighted by molar-refractivity contribution is 0.331. The van der Waals surface area contributed by atoms with E-state index >= 15 is 0 Å². The van der Waals surface area contributed by atoms with Crippen LogP contribution in [0, 0.1) is 11.6 Å². The van der Waals surface area contributed by atoms with E-state index in [2.05, 4.69) is 15.9 Å². The molecule has 0 bridgehead atoms. The molecule has 2 nitrogen and oxygen atoms in total. The standard InChI is InChI=1S/C17H22F2N2/c1-20(2)10-11-21(3)17-7-5-4-6-14(17)15-12-13(18)8-9-16(15)19/h6-9,12H,4-5,10-11H2,1-3H3. The molecule has 0 saturated carbocycles. The van der Waals surface area contributed by atoms with Gasteiger partial charge >= 0.3 is 0 Å². The van der Waals surface area contributed by atoms with E-state index < -0.39 is 5.82 Å². The number of nitrogens with zero attached hydrogens (tertiary/aromatic N) is 2. The van der Waals surface area contributed by atoms with E-state index in [0.717, 1.165) is 43.3 Å². The van der Waals surface area contributed by atoms with Gasteiger partial charge in [0.15, 0.2) is 0 Å². The minimum Gasteiger partial charge on any atom is -0.373 e. The fraction of sp³-hybridized carbons (Fsp3) is 0.412. The molecule has 1 aliphatic rings. The van der Waals surface area contributed by atoms with Crippen LogP contribution < -0.4 is 0 Å². The van der Waals surface area contributed by atoms with Gasteiger partial charge in [0, 0.05) is 37.0 Å². The number of halogens is 2. The number of rotatable bonds is 5. The largest absolute Gasteiger partial charge is 0.373 e. The van der Waals surface area contributed by atoms with E-state index in [1.807, 2.05) is 27.2 Å². The summed E-state index contributed by atoms with van der Waals surface area (Å²) in [5, 5.41) is 0. The minimum atomic E-state index is -0.409. The molecule has 0 radical (unpaired) electrons. The molecule has 1 aromatic carbocycles. The fourth-order valence-electron chi connectivity index (χ4n) is 2.45. The summed E-state index contributed by atoms with van der Waals surface area (Å²) in [5.74, 6) is -0.787. The van der Waals surface area contributed by atoms with Crippen molar-refractivity contribution in [3.05, 3.63) is 53.2 Å². The maximum Gasteiger partial charge on any atom is 0.131 e. The van der Waals surface area contributed by atoms with Gasteiger partial charge in [0.2, 0.25) is 0 Å². The number of hydrogen-bond donors (Lipinski definition) is 0. The molecule has 4 heteroatoms. The molecule has 0 spiro atoms. The first kappa shape index (κ1) is 15.7. The highest BCUT2D eigenvalue weighted by atomic mass is 19.1. The lowest BCUT2D eigenvalue weighted by Crippen LogP contribution is -2.29. The molecule has 0 aliphatic heterocycles. The second-order valence-corrected chi connectivity index (χ2v) is 5.63. The summed E-state index contributed by atoms with van der Waals surface area (Å²) in [5.41, 5.74) is 2.12. The molecular formula is C17H22F2N2. The van der Waals surface area contributed by atoms with Crippen LogP contribution in [0.3, 0.4) is 0 Å². The van der Waals surface area contributed by atoms with Crippen LogP contribution in [-0.4, -0.2) is 44.0 Å². The molecule has 0 atom stereocenters. The Morgan fingerprint density at radius 1 is 1.00 bits per heavy atom. The Hall–Kier alpha value is -1.68. The van der Waals surface area contributed by atoms with Crippen molar-refractivity contribution in [2.45, 2.75) is 12.8 Å². The van der Waals surface area contributed by atoms with Gasteiger partial charge in [0.1, 0.15) is 11.6 Å². The SMILES string of the molecule is CN(C)CCN(C)C1=CCCC=C1c1cc(F)ccc1F. The van der Waals surface area contributed by atoms with E-state index in [9.17, 15) is 8.78 Å². The predicted molar refractivity (Wildman–Crippen MR) is 82.8 cm³/mol.